The van der Waals surface area contributed by atoms with E-state index in [4.69, 9.17) is 4.74 Å². The number of halogens is 2. The fourth-order valence-corrected chi connectivity index (χ4v) is 2.58. The van der Waals surface area contributed by atoms with Gasteiger partial charge in [0.2, 0.25) is 0 Å². The largest absolute Gasteiger partial charge is 0.497 e. The third-order valence-corrected chi connectivity index (χ3v) is 3.57. The SMILES string of the molecule is CCC(Nc1cc(Br)cc(OC)c1)c1cccc(F)c1. The van der Waals surface area contributed by atoms with E-state index in [1.807, 2.05) is 24.3 Å². The molecule has 0 amide bonds. The third-order valence-electron chi connectivity index (χ3n) is 3.11. The zero-order valence-corrected chi connectivity index (χ0v) is 13.1. The maximum Gasteiger partial charge on any atom is 0.123 e. The first kappa shape index (κ1) is 14.9. The van der Waals surface area contributed by atoms with Crippen molar-refractivity contribution >= 4 is 21.6 Å². The molecule has 0 aromatic heterocycles. The van der Waals surface area contributed by atoms with E-state index in [1.54, 1.807) is 19.2 Å². The quantitative estimate of drug-likeness (QED) is 0.813. The highest BCUT2D eigenvalue weighted by atomic mass is 79.9. The van der Waals surface area contributed by atoms with Gasteiger partial charge in [0.15, 0.2) is 0 Å². The highest BCUT2D eigenvalue weighted by Crippen LogP contribution is 2.28. The summed E-state index contributed by atoms with van der Waals surface area (Å²) in [6.45, 7) is 2.07. The van der Waals surface area contributed by atoms with Gasteiger partial charge in [0.25, 0.3) is 0 Å². The summed E-state index contributed by atoms with van der Waals surface area (Å²) in [5.74, 6) is 0.561. The van der Waals surface area contributed by atoms with Crippen molar-refractivity contribution in [2.24, 2.45) is 0 Å². The lowest BCUT2D eigenvalue weighted by Gasteiger charge is -2.19. The summed E-state index contributed by atoms with van der Waals surface area (Å²) in [4.78, 5) is 0. The number of anilines is 1. The standard InChI is InChI=1S/C16H17BrFNO/c1-3-16(11-5-4-6-13(18)7-11)19-14-8-12(17)9-15(10-14)20-2/h4-10,16,19H,3H2,1-2H3. The zero-order valence-electron chi connectivity index (χ0n) is 11.5. The van der Waals surface area contributed by atoms with E-state index >= 15 is 0 Å². The summed E-state index contributed by atoms with van der Waals surface area (Å²) >= 11 is 3.45. The van der Waals surface area contributed by atoms with E-state index in [0.29, 0.717) is 0 Å². The van der Waals surface area contributed by atoms with Crippen LogP contribution >= 0.6 is 15.9 Å². The maximum absolute atomic E-state index is 13.3. The third kappa shape index (κ3) is 3.73. The van der Waals surface area contributed by atoms with Gasteiger partial charge >= 0.3 is 0 Å². The Bertz CT molecular complexity index is 588. The molecule has 1 atom stereocenters. The second-order valence-corrected chi connectivity index (χ2v) is 5.46. The number of nitrogens with one attached hydrogen (secondary N) is 1. The monoisotopic (exact) mass is 337 g/mol. The van der Waals surface area contributed by atoms with E-state index < -0.39 is 0 Å². The van der Waals surface area contributed by atoms with E-state index in [1.165, 1.54) is 6.07 Å². The van der Waals surface area contributed by atoms with Crippen molar-refractivity contribution in [2.75, 3.05) is 12.4 Å². The highest BCUT2D eigenvalue weighted by molar-refractivity contribution is 9.10. The summed E-state index contributed by atoms with van der Waals surface area (Å²) in [5.41, 5.74) is 1.87. The van der Waals surface area contributed by atoms with E-state index in [-0.39, 0.29) is 11.9 Å². The van der Waals surface area contributed by atoms with Crippen LogP contribution < -0.4 is 10.1 Å². The molecule has 0 aliphatic rings. The van der Waals surface area contributed by atoms with Gasteiger partial charge in [-0.25, -0.2) is 4.39 Å². The van der Waals surface area contributed by atoms with Crippen LogP contribution in [0.5, 0.6) is 5.75 Å². The number of hydrogen-bond donors (Lipinski definition) is 1. The van der Waals surface area contributed by atoms with Crippen LogP contribution in [0, 0.1) is 5.82 Å². The number of ether oxygens (including phenoxy) is 1. The highest BCUT2D eigenvalue weighted by Gasteiger charge is 2.11. The molecule has 0 saturated carbocycles. The van der Waals surface area contributed by atoms with Gasteiger partial charge in [-0.1, -0.05) is 35.0 Å². The zero-order chi connectivity index (χ0) is 14.5. The van der Waals surface area contributed by atoms with Gasteiger partial charge < -0.3 is 10.1 Å². The lowest BCUT2D eigenvalue weighted by Crippen LogP contribution is -2.10. The summed E-state index contributed by atoms with van der Waals surface area (Å²) in [6, 6.07) is 12.5. The molecule has 1 N–H and O–H groups in total. The number of methoxy groups -OCH3 is 1. The van der Waals surface area contributed by atoms with Crippen LogP contribution in [0.2, 0.25) is 0 Å². The normalized spacial score (nSPS) is 12.0. The van der Waals surface area contributed by atoms with Gasteiger partial charge in [0.1, 0.15) is 11.6 Å². The van der Waals surface area contributed by atoms with Crippen LogP contribution in [0.3, 0.4) is 0 Å². The second-order valence-electron chi connectivity index (χ2n) is 4.54. The minimum Gasteiger partial charge on any atom is -0.497 e. The van der Waals surface area contributed by atoms with Crippen LogP contribution in [0.4, 0.5) is 10.1 Å². The number of benzene rings is 2. The van der Waals surface area contributed by atoms with Crippen molar-refractivity contribution in [3.05, 3.63) is 58.3 Å². The molecule has 2 aromatic rings. The lowest BCUT2D eigenvalue weighted by molar-refractivity contribution is 0.414. The van der Waals surface area contributed by atoms with Gasteiger partial charge in [-0.3, -0.25) is 0 Å². The van der Waals surface area contributed by atoms with Gasteiger partial charge in [-0.15, -0.1) is 0 Å². The van der Waals surface area contributed by atoms with Crippen molar-refractivity contribution in [2.45, 2.75) is 19.4 Å². The molecule has 0 spiro atoms. The molecule has 2 aromatic carbocycles. The average molecular weight is 338 g/mol. The molecule has 106 valence electrons. The Morgan fingerprint density at radius 2 is 2.05 bits per heavy atom. The average Bonchev–Trinajstić information content (AvgIpc) is 2.44. The molecule has 0 aliphatic heterocycles. The van der Waals surface area contributed by atoms with Crippen molar-refractivity contribution in [1.29, 1.82) is 0 Å². The topological polar surface area (TPSA) is 21.3 Å². The molecule has 0 aliphatic carbocycles. The molecule has 0 radical (unpaired) electrons. The first-order valence-electron chi connectivity index (χ1n) is 6.49. The van der Waals surface area contributed by atoms with Crippen LogP contribution in [-0.2, 0) is 0 Å². The summed E-state index contributed by atoms with van der Waals surface area (Å²) in [6.07, 6.45) is 0.859. The molecule has 2 rings (SSSR count). The van der Waals surface area contributed by atoms with E-state index in [9.17, 15) is 4.39 Å². The van der Waals surface area contributed by atoms with Crippen LogP contribution in [0.1, 0.15) is 24.9 Å². The van der Waals surface area contributed by atoms with E-state index in [0.717, 1.165) is 27.9 Å². The Kier molecular flexibility index (Phi) is 5.01. The molecule has 0 heterocycles. The molecule has 4 heteroatoms. The van der Waals surface area contributed by atoms with Gasteiger partial charge in [-0.05, 0) is 36.2 Å². The summed E-state index contributed by atoms with van der Waals surface area (Å²) < 4.78 is 19.5. The molecule has 0 bridgehead atoms. The summed E-state index contributed by atoms with van der Waals surface area (Å²) in [5, 5.41) is 3.41. The molecular formula is C16H17BrFNO. The van der Waals surface area contributed by atoms with E-state index in [2.05, 4.69) is 28.2 Å². The van der Waals surface area contributed by atoms with Crippen molar-refractivity contribution in [3.63, 3.8) is 0 Å². The first-order valence-corrected chi connectivity index (χ1v) is 7.28. The second kappa shape index (κ2) is 6.75. The van der Waals surface area contributed by atoms with Crippen molar-refractivity contribution in [1.82, 2.24) is 0 Å². The molecule has 0 saturated heterocycles. The maximum atomic E-state index is 13.3. The summed E-state index contributed by atoms with van der Waals surface area (Å²) in [7, 11) is 1.63. The molecule has 2 nitrogen and oxygen atoms in total. The lowest BCUT2D eigenvalue weighted by atomic mass is 10.0. The first-order chi connectivity index (χ1) is 9.62. The number of hydrogen-bond acceptors (Lipinski definition) is 2. The molecular weight excluding hydrogens is 321 g/mol. The van der Waals surface area contributed by atoms with Gasteiger partial charge in [-0.2, -0.15) is 0 Å². The Hall–Kier alpha value is -1.55. The van der Waals surface area contributed by atoms with Crippen LogP contribution in [0.25, 0.3) is 0 Å². The van der Waals surface area contributed by atoms with Crippen LogP contribution in [-0.4, -0.2) is 7.11 Å². The minimum absolute atomic E-state index is 0.0599. The van der Waals surface area contributed by atoms with Crippen LogP contribution in [0.15, 0.2) is 46.9 Å². The van der Waals surface area contributed by atoms with Gasteiger partial charge in [0, 0.05) is 16.2 Å². The smallest absolute Gasteiger partial charge is 0.123 e. The fraction of sp³-hybridized carbons (Fsp3) is 0.250. The fourth-order valence-electron chi connectivity index (χ4n) is 2.11. The molecule has 20 heavy (non-hydrogen) atoms. The predicted molar refractivity (Wildman–Crippen MR) is 83.7 cm³/mol. The Morgan fingerprint density at radius 1 is 1.25 bits per heavy atom. The van der Waals surface area contributed by atoms with Crippen molar-refractivity contribution < 1.29 is 9.13 Å². The molecule has 0 fully saturated rings. The van der Waals surface area contributed by atoms with Crippen molar-refractivity contribution in [3.8, 4) is 5.75 Å². The number of rotatable bonds is 5. The molecule has 1 unspecified atom stereocenters. The predicted octanol–water partition coefficient (Wildman–Crippen LogP) is 5.16. The Balaban J connectivity index is 2.24. The Morgan fingerprint density at radius 3 is 2.70 bits per heavy atom. The Labute approximate surface area is 127 Å². The van der Waals surface area contributed by atoms with Gasteiger partial charge in [0.05, 0.1) is 13.2 Å². The minimum atomic E-state index is -0.213.